The van der Waals surface area contributed by atoms with Crippen molar-refractivity contribution in [2.75, 3.05) is 51.4 Å². The average molecular weight is 556 g/mol. The molecule has 0 saturated heterocycles. The van der Waals surface area contributed by atoms with E-state index in [1.165, 1.54) is 11.1 Å². The van der Waals surface area contributed by atoms with Crippen LogP contribution in [0.3, 0.4) is 0 Å². The summed E-state index contributed by atoms with van der Waals surface area (Å²) in [4.78, 5) is 12.4. The Morgan fingerprint density at radius 2 is 1.82 bits per heavy atom. The summed E-state index contributed by atoms with van der Waals surface area (Å²) < 4.78 is 10.2. The molecule has 0 aliphatic rings. The van der Waals surface area contributed by atoms with Crippen LogP contribution in [-0.2, 0) is 9.47 Å². The Morgan fingerprint density at radius 1 is 1.18 bits per heavy atom. The molecule has 0 aliphatic heterocycles. The first kappa shape index (κ1) is 33.5. The zero-order valence-corrected chi connectivity index (χ0v) is 25.9. The van der Waals surface area contributed by atoms with Crippen LogP contribution in [0.25, 0.3) is 0 Å². The Balaban J connectivity index is 0.00000242. The summed E-state index contributed by atoms with van der Waals surface area (Å²) in [6.07, 6.45) is 4.06. The smallest absolute Gasteiger partial charge is 0.176 e. The Hall–Kier alpha value is -3.50. The molecule has 1 heterocycles. The number of nitrogens with two attached hydrogens (primary N) is 1. The predicted octanol–water partition coefficient (Wildman–Crippen LogP) is 6.14. The molecule has 9 nitrogen and oxygen atoms in total. The highest BCUT2D eigenvalue weighted by molar-refractivity contribution is 7.99. The Labute approximate surface area is 238 Å². The third kappa shape index (κ3) is 10.3. The lowest BCUT2D eigenvalue weighted by Crippen LogP contribution is -2.24. The number of aromatic nitrogens is 2. The molecule has 0 amide bonds. The van der Waals surface area contributed by atoms with Crippen LogP contribution in [0.5, 0.6) is 0 Å². The number of thioether (sulfide) groups is 1. The van der Waals surface area contributed by atoms with Crippen LogP contribution in [-0.4, -0.2) is 63.4 Å². The number of allylic oxidation sites excluding steroid dienone is 2. The normalized spacial score (nSPS) is 13.4. The fourth-order valence-electron chi connectivity index (χ4n) is 3.49. The third-order valence-corrected chi connectivity index (χ3v) is 6.48. The van der Waals surface area contributed by atoms with E-state index in [0.29, 0.717) is 17.4 Å². The molecule has 2 aromatic rings. The van der Waals surface area contributed by atoms with E-state index in [-0.39, 0.29) is 0 Å². The molecule has 0 fully saturated rings. The minimum atomic E-state index is 0.512. The average Bonchev–Trinajstić information content (AvgIpc) is 3.34. The summed E-state index contributed by atoms with van der Waals surface area (Å²) in [5.41, 5.74) is 10.6. The highest BCUT2D eigenvalue weighted by Gasteiger charge is 2.20. The van der Waals surface area contributed by atoms with Crippen LogP contribution in [0.2, 0.25) is 0 Å². The summed E-state index contributed by atoms with van der Waals surface area (Å²) >= 11 is 1.82. The topological polar surface area (TPSA) is 113 Å². The van der Waals surface area contributed by atoms with Gasteiger partial charge in [0.05, 0.1) is 7.11 Å². The van der Waals surface area contributed by atoms with Gasteiger partial charge in [0.25, 0.3) is 0 Å². The van der Waals surface area contributed by atoms with Gasteiger partial charge in [-0.25, -0.2) is 4.99 Å². The van der Waals surface area contributed by atoms with Gasteiger partial charge in [-0.15, -0.1) is 11.8 Å². The second-order valence-electron chi connectivity index (χ2n) is 8.51. The number of ether oxygens (including phenoxy) is 2. The van der Waals surface area contributed by atoms with Crippen molar-refractivity contribution in [3.63, 3.8) is 0 Å². The first-order valence-electron chi connectivity index (χ1n) is 12.7. The second kappa shape index (κ2) is 17.9. The number of hydrogen-bond acceptors (Lipinski definition) is 8. The van der Waals surface area contributed by atoms with Gasteiger partial charge in [-0.2, -0.15) is 5.10 Å². The quantitative estimate of drug-likeness (QED) is 0.100. The van der Waals surface area contributed by atoms with Crippen molar-refractivity contribution in [3.8, 4) is 0 Å². The first-order valence-corrected chi connectivity index (χ1v) is 13.7. The van der Waals surface area contributed by atoms with Crippen molar-refractivity contribution in [2.45, 2.75) is 45.9 Å². The van der Waals surface area contributed by atoms with Gasteiger partial charge in [-0.3, -0.25) is 10.1 Å². The molecule has 4 N–H and O–H groups in total. The molecule has 1 aromatic heterocycles. The lowest BCUT2D eigenvalue weighted by atomic mass is 9.98. The Bertz CT molecular complexity index is 1180. The van der Waals surface area contributed by atoms with Gasteiger partial charge in [0.2, 0.25) is 0 Å². The molecule has 214 valence electrons. The molecule has 0 radical (unpaired) electrons. The van der Waals surface area contributed by atoms with Crippen molar-refractivity contribution in [3.05, 3.63) is 70.5 Å². The molecule has 1 aromatic carbocycles. The van der Waals surface area contributed by atoms with Gasteiger partial charge in [0.15, 0.2) is 17.4 Å². The van der Waals surface area contributed by atoms with Crippen molar-refractivity contribution in [2.24, 2.45) is 15.7 Å². The largest absolute Gasteiger partial charge is 0.492 e. The number of H-pyrrole nitrogens is 1. The molecule has 2 rings (SSSR count). The summed E-state index contributed by atoms with van der Waals surface area (Å²) in [5, 5.41) is 10.6. The number of nitrogens with one attached hydrogen (secondary N) is 2. The maximum Gasteiger partial charge on any atom is 0.176 e. The van der Waals surface area contributed by atoms with Crippen LogP contribution in [0.1, 0.15) is 39.8 Å². The number of methoxy groups -OCH3 is 2. The van der Waals surface area contributed by atoms with Crippen LogP contribution in [0.15, 0.2) is 79.7 Å². The summed E-state index contributed by atoms with van der Waals surface area (Å²) in [5.74, 6) is 3.50. The van der Waals surface area contributed by atoms with E-state index in [1.807, 2.05) is 43.6 Å². The third-order valence-electron chi connectivity index (χ3n) is 5.59. The number of aryl methyl sites for hydroxylation is 1. The standard InChI is InChI=1S/C27H39N7OS.C2H6O/c1-9-18(3)25(21(16-28)17-29-6)26(35-8)27(31-24-15-19(4)32-33-24)30-20(5)34(7)22-11-13-23(14-12-22)36-10-2;1-3-2/h11-17H,9-10,28H2,1-8H3,(H2,31,32,33);1-2H3/b21-16+,25-18+,27-26-,29-17?,30-20+;. The summed E-state index contributed by atoms with van der Waals surface area (Å²) in [6, 6.07) is 10.4. The monoisotopic (exact) mass is 555 g/mol. The van der Waals surface area contributed by atoms with Gasteiger partial charge >= 0.3 is 0 Å². The number of amidine groups is 1. The van der Waals surface area contributed by atoms with Crippen molar-refractivity contribution in [1.29, 1.82) is 0 Å². The molecule has 0 bridgehead atoms. The van der Waals surface area contributed by atoms with E-state index >= 15 is 0 Å². The molecular weight excluding hydrogens is 510 g/mol. The summed E-state index contributed by atoms with van der Waals surface area (Å²) in [7, 11) is 8.59. The lowest BCUT2D eigenvalue weighted by molar-refractivity contribution is 0.277. The number of hydrogen-bond donors (Lipinski definition) is 3. The molecular formula is C29H45N7O2S. The Kier molecular flexibility index (Phi) is 15.4. The SMILES string of the molecule is CCSc1ccc(N(C)/C(C)=N/C(Nc2cc(C)[nH]n2)=C(OC)\C(C(\C=NC)=C\N)=C(/C)CC)cc1.COC. The Morgan fingerprint density at radius 3 is 2.28 bits per heavy atom. The molecule has 39 heavy (non-hydrogen) atoms. The number of aliphatic imine (C=N–C) groups is 2. The maximum atomic E-state index is 6.01. The number of rotatable bonds is 11. The lowest BCUT2D eigenvalue weighted by Gasteiger charge is -2.22. The molecule has 0 unspecified atom stereocenters. The molecule has 0 atom stereocenters. The van der Waals surface area contributed by atoms with E-state index in [0.717, 1.165) is 46.1 Å². The highest BCUT2D eigenvalue weighted by Crippen LogP contribution is 2.29. The number of anilines is 2. The van der Waals surface area contributed by atoms with Gasteiger partial charge in [-0.1, -0.05) is 19.4 Å². The number of nitrogens with zero attached hydrogens (tertiary/aromatic N) is 4. The molecule has 0 saturated carbocycles. The van der Waals surface area contributed by atoms with E-state index < -0.39 is 0 Å². The van der Waals surface area contributed by atoms with E-state index in [2.05, 4.69) is 70.3 Å². The minimum absolute atomic E-state index is 0.512. The van der Waals surface area contributed by atoms with Crippen LogP contribution < -0.4 is 16.0 Å². The molecule has 0 spiro atoms. The van der Waals surface area contributed by atoms with Crippen molar-refractivity contribution in [1.82, 2.24) is 10.2 Å². The zero-order valence-electron chi connectivity index (χ0n) is 25.0. The van der Waals surface area contributed by atoms with Crippen LogP contribution in [0, 0.1) is 6.92 Å². The van der Waals surface area contributed by atoms with Crippen molar-refractivity contribution < 1.29 is 9.47 Å². The van der Waals surface area contributed by atoms with Crippen molar-refractivity contribution >= 4 is 35.3 Å². The predicted molar refractivity (Wildman–Crippen MR) is 168 cm³/mol. The number of aromatic amines is 1. The van der Waals surface area contributed by atoms with E-state index in [1.54, 1.807) is 34.6 Å². The first-order chi connectivity index (χ1) is 18.7. The zero-order chi connectivity index (χ0) is 29.4. The van der Waals surface area contributed by atoms with E-state index in [9.17, 15) is 0 Å². The van der Waals surface area contributed by atoms with Gasteiger partial charge in [0.1, 0.15) is 5.84 Å². The molecule has 10 heteroatoms. The van der Waals surface area contributed by atoms with Gasteiger partial charge < -0.3 is 25.4 Å². The molecule has 0 aliphatic carbocycles. The fourth-order valence-corrected chi connectivity index (χ4v) is 4.15. The van der Waals surface area contributed by atoms with Crippen LogP contribution in [0.4, 0.5) is 11.5 Å². The van der Waals surface area contributed by atoms with Crippen LogP contribution >= 0.6 is 11.8 Å². The second-order valence-corrected chi connectivity index (χ2v) is 9.85. The minimum Gasteiger partial charge on any atom is -0.492 e. The van der Waals surface area contributed by atoms with Gasteiger partial charge in [0, 0.05) is 74.2 Å². The fraction of sp³-hybridized carbons (Fsp3) is 0.414. The summed E-state index contributed by atoms with van der Waals surface area (Å²) in [6.45, 7) is 10.2. The van der Waals surface area contributed by atoms with E-state index in [4.69, 9.17) is 15.5 Å². The maximum absolute atomic E-state index is 6.01. The number of benzene rings is 1. The van der Waals surface area contributed by atoms with Gasteiger partial charge in [-0.05, 0) is 57.2 Å². The highest BCUT2D eigenvalue weighted by atomic mass is 32.2.